The van der Waals surface area contributed by atoms with Gasteiger partial charge in [0.15, 0.2) is 0 Å². The Labute approximate surface area is 113 Å². The van der Waals surface area contributed by atoms with Crippen LogP contribution in [0.25, 0.3) is 11.0 Å². The van der Waals surface area contributed by atoms with E-state index in [4.69, 9.17) is 5.73 Å². The van der Waals surface area contributed by atoms with Gasteiger partial charge in [-0.1, -0.05) is 6.92 Å². The molecule has 0 saturated heterocycles. The lowest BCUT2D eigenvalue weighted by Crippen LogP contribution is -2.40. The lowest BCUT2D eigenvalue weighted by molar-refractivity contribution is 0.144. The molecule has 1 aromatic heterocycles. The Bertz CT molecular complexity index is 611. The molecule has 18 heavy (non-hydrogen) atoms. The number of rotatable bonds is 2. The molecule has 3 nitrogen and oxygen atoms in total. The van der Waals surface area contributed by atoms with Gasteiger partial charge in [0.25, 0.3) is 0 Å². The SMILES string of the molecule is CCC1(n2c(N)nc3cc(Br)c(F)cc32)CCC1. The van der Waals surface area contributed by atoms with Gasteiger partial charge in [0.1, 0.15) is 5.82 Å². The van der Waals surface area contributed by atoms with E-state index in [2.05, 4.69) is 27.8 Å². The van der Waals surface area contributed by atoms with Crippen molar-refractivity contribution in [3.8, 4) is 0 Å². The zero-order chi connectivity index (χ0) is 12.9. The third-order valence-corrected chi connectivity index (χ3v) is 4.75. The molecule has 1 heterocycles. The first-order valence-corrected chi connectivity index (χ1v) is 7.00. The van der Waals surface area contributed by atoms with Crippen LogP contribution >= 0.6 is 15.9 Å². The first-order chi connectivity index (χ1) is 8.57. The molecule has 3 rings (SSSR count). The van der Waals surface area contributed by atoms with Crippen molar-refractivity contribution in [1.29, 1.82) is 0 Å². The fourth-order valence-electron chi connectivity index (χ4n) is 2.91. The Morgan fingerprint density at radius 2 is 2.22 bits per heavy atom. The molecule has 0 spiro atoms. The maximum atomic E-state index is 13.7. The summed E-state index contributed by atoms with van der Waals surface area (Å²) in [5.41, 5.74) is 7.63. The molecule has 0 bridgehead atoms. The molecule has 5 heteroatoms. The number of benzene rings is 1. The highest BCUT2D eigenvalue weighted by Gasteiger charge is 2.39. The lowest BCUT2D eigenvalue weighted by atomic mass is 9.74. The van der Waals surface area contributed by atoms with Crippen molar-refractivity contribution in [3.63, 3.8) is 0 Å². The number of aromatic nitrogens is 2. The highest BCUT2D eigenvalue weighted by atomic mass is 79.9. The molecule has 1 aliphatic carbocycles. The fraction of sp³-hybridized carbons (Fsp3) is 0.462. The minimum atomic E-state index is -0.269. The number of nitrogen functional groups attached to an aromatic ring is 1. The van der Waals surface area contributed by atoms with Crippen LogP contribution in [0.3, 0.4) is 0 Å². The number of fused-ring (bicyclic) bond motifs is 1. The van der Waals surface area contributed by atoms with E-state index in [-0.39, 0.29) is 11.4 Å². The molecule has 0 amide bonds. The molecular weight excluding hydrogens is 297 g/mol. The molecule has 1 fully saturated rings. The van der Waals surface area contributed by atoms with Gasteiger partial charge in [-0.05, 0) is 47.7 Å². The first kappa shape index (κ1) is 12.0. The van der Waals surface area contributed by atoms with Crippen molar-refractivity contribution >= 4 is 32.9 Å². The van der Waals surface area contributed by atoms with Gasteiger partial charge in [0.2, 0.25) is 5.95 Å². The van der Waals surface area contributed by atoms with Gasteiger partial charge in [-0.25, -0.2) is 9.37 Å². The molecule has 1 aliphatic rings. The van der Waals surface area contributed by atoms with E-state index in [1.807, 2.05) is 4.57 Å². The van der Waals surface area contributed by atoms with E-state index < -0.39 is 0 Å². The van der Waals surface area contributed by atoms with Crippen molar-refractivity contribution < 1.29 is 4.39 Å². The summed E-state index contributed by atoms with van der Waals surface area (Å²) in [6.07, 6.45) is 4.39. The van der Waals surface area contributed by atoms with E-state index >= 15 is 0 Å². The number of nitrogens with two attached hydrogens (primary N) is 1. The average Bonchev–Trinajstić information content (AvgIpc) is 2.57. The summed E-state index contributed by atoms with van der Waals surface area (Å²) in [4.78, 5) is 4.36. The summed E-state index contributed by atoms with van der Waals surface area (Å²) in [6.45, 7) is 2.15. The number of nitrogens with zero attached hydrogens (tertiary/aromatic N) is 2. The van der Waals surface area contributed by atoms with E-state index in [1.165, 1.54) is 12.5 Å². The lowest BCUT2D eigenvalue weighted by Gasteiger charge is -2.43. The van der Waals surface area contributed by atoms with Crippen LogP contribution in [0.2, 0.25) is 0 Å². The highest BCUT2D eigenvalue weighted by molar-refractivity contribution is 9.10. The van der Waals surface area contributed by atoms with Gasteiger partial charge < -0.3 is 10.3 Å². The Balaban J connectivity index is 2.28. The van der Waals surface area contributed by atoms with Crippen molar-refractivity contribution in [2.75, 3.05) is 5.73 Å². The maximum absolute atomic E-state index is 13.7. The van der Waals surface area contributed by atoms with Gasteiger partial charge in [0, 0.05) is 11.6 Å². The Morgan fingerprint density at radius 1 is 1.50 bits per heavy atom. The second-order valence-electron chi connectivity index (χ2n) is 4.99. The second-order valence-corrected chi connectivity index (χ2v) is 5.85. The van der Waals surface area contributed by atoms with Crippen molar-refractivity contribution in [2.45, 2.75) is 38.1 Å². The number of imidazole rings is 1. The van der Waals surface area contributed by atoms with Gasteiger partial charge in [-0.2, -0.15) is 0 Å². The van der Waals surface area contributed by atoms with Crippen LogP contribution < -0.4 is 5.73 Å². The Kier molecular flexibility index (Phi) is 2.62. The summed E-state index contributed by atoms with van der Waals surface area (Å²) in [5.74, 6) is 0.221. The third-order valence-electron chi connectivity index (χ3n) is 4.14. The monoisotopic (exact) mass is 311 g/mol. The number of anilines is 1. The van der Waals surface area contributed by atoms with Crippen LogP contribution in [-0.2, 0) is 5.54 Å². The topological polar surface area (TPSA) is 43.8 Å². The predicted octanol–water partition coefficient (Wildman–Crippen LogP) is 3.81. The van der Waals surface area contributed by atoms with E-state index in [0.717, 1.165) is 30.3 Å². The smallest absolute Gasteiger partial charge is 0.201 e. The fourth-order valence-corrected chi connectivity index (χ4v) is 3.24. The summed E-state index contributed by atoms with van der Waals surface area (Å²) < 4.78 is 16.2. The van der Waals surface area contributed by atoms with Crippen molar-refractivity contribution in [2.24, 2.45) is 0 Å². The van der Waals surface area contributed by atoms with E-state index in [0.29, 0.717) is 10.4 Å². The largest absolute Gasteiger partial charge is 0.369 e. The Hall–Kier alpha value is -1.10. The minimum Gasteiger partial charge on any atom is -0.369 e. The van der Waals surface area contributed by atoms with Gasteiger partial charge in [0.05, 0.1) is 15.5 Å². The second kappa shape index (κ2) is 3.95. The molecule has 1 aromatic carbocycles. The van der Waals surface area contributed by atoms with Crippen LogP contribution in [0.5, 0.6) is 0 Å². The molecule has 96 valence electrons. The van der Waals surface area contributed by atoms with E-state index in [9.17, 15) is 4.39 Å². The standard InChI is InChI=1S/C13H15BrFN3/c1-2-13(4-3-5-13)18-11-7-9(15)8(14)6-10(11)17-12(18)16/h6-7H,2-5H2,1H3,(H2,16,17). The van der Waals surface area contributed by atoms with Crippen LogP contribution in [-0.4, -0.2) is 9.55 Å². The minimum absolute atomic E-state index is 0.0408. The normalized spacial score (nSPS) is 17.9. The van der Waals surface area contributed by atoms with Gasteiger partial charge >= 0.3 is 0 Å². The summed E-state index contributed by atoms with van der Waals surface area (Å²) in [6, 6.07) is 3.22. The van der Waals surface area contributed by atoms with Crippen LogP contribution in [0.15, 0.2) is 16.6 Å². The van der Waals surface area contributed by atoms with Crippen LogP contribution in [0, 0.1) is 5.82 Å². The molecule has 0 aliphatic heterocycles. The molecule has 2 aromatic rings. The third kappa shape index (κ3) is 1.49. The molecule has 1 saturated carbocycles. The zero-order valence-corrected chi connectivity index (χ0v) is 11.8. The van der Waals surface area contributed by atoms with E-state index in [1.54, 1.807) is 6.07 Å². The summed E-state index contributed by atoms with van der Waals surface area (Å²) in [5, 5.41) is 0. The molecule has 2 N–H and O–H groups in total. The zero-order valence-electron chi connectivity index (χ0n) is 10.2. The number of halogens is 2. The van der Waals surface area contributed by atoms with Crippen LogP contribution in [0.4, 0.5) is 10.3 Å². The quantitative estimate of drug-likeness (QED) is 0.916. The predicted molar refractivity (Wildman–Crippen MR) is 73.9 cm³/mol. The van der Waals surface area contributed by atoms with Gasteiger partial charge in [-0.3, -0.25) is 0 Å². The molecule has 0 radical (unpaired) electrons. The summed E-state index contributed by atoms with van der Waals surface area (Å²) >= 11 is 3.18. The van der Waals surface area contributed by atoms with Crippen molar-refractivity contribution in [3.05, 3.63) is 22.4 Å². The molecular formula is C13H15BrFN3. The first-order valence-electron chi connectivity index (χ1n) is 6.21. The number of hydrogen-bond acceptors (Lipinski definition) is 2. The van der Waals surface area contributed by atoms with Gasteiger partial charge in [-0.15, -0.1) is 0 Å². The molecule has 0 atom stereocenters. The number of hydrogen-bond donors (Lipinski definition) is 1. The Morgan fingerprint density at radius 3 is 2.78 bits per heavy atom. The van der Waals surface area contributed by atoms with Crippen molar-refractivity contribution in [1.82, 2.24) is 9.55 Å². The summed E-state index contributed by atoms with van der Waals surface area (Å²) in [7, 11) is 0. The highest BCUT2D eigenvalue weighted by Crippen LogP contribution is 2.45. The van der Waals surface area contributed by atoms with Crippen LogP contribution in [0.1, 0.15) is 32.6 Å². The average molecular weight is 312 g/mol. The maximum Gasteiger partial charge on any atom is 0.201 e. The molecule has 0 unspecified atom stereocenters.